The zero-order chi connectivity index (χ0) is 8.84. The van der Waals surface area contributed by atoms with Gasteiger partial charge in [-0.3, -0.25) is 4.99 Å². The molecule has 0 amide bonds. The molecular formula is C11H18N2. The summed E-state index contributed by atoms with van der Waals surface area (Å²) in [5, 5.41) is 0. The maximum absolute atomic E-state index is 5.96. The Hall–Kier alpha value is -0.530. The summed E-state index contributed by atoms with van der Waals surface area (Å²) < 4.78 is 0. The first-order valence-electron chi connectivity index (χ1n) is 5.68. The molecule has 0 saturated heterocycles. The molecule has 0 heterocycles. The quantitative estimate of drug-likeness (QED) is 0.518. The Balaban J connectivity index is 1.68. The van der Waals surface area contributed by atoms with Gasteiger partial charge in [-0.05, 0) is 50.4 Å². The molecule has 0 atom stereocenters. The van der Waals surface area contributed by atoms with Crippen LogP contribution < -0.4 is 5.73 Å². The normalized spacial score (nSPS) is 29.8. The summed E-state index contributed by atoms with van der Waals surface area (Å²) in [7, 11) is 0. The molecule has 2 heteroatoms. The van der Waals surface area contributed by atoms with Crippen molar-refractivity contribution in [3.63, 3.8) is 0 Å². The molecule has 3 rings (SSSR count). The van der Waals surface area contributed by atoms with Gasteiger partial charge >= 0.3 is 0 Å². The van der Waals surface area contributed by atoms with Gasteiger partial charge in [0.2, 0.25) is 0 Å². The summed E-state index contributed by atoms with van der Waals surface area (Å²) in [4.78, 5) is 4.76. The molecule has 0 radical (unpaired) electrons. The Morgan fingerprint density at radius 1 is 1.00 bits per heavy atom. The predicted molar refractivity (Wildman–Crippen MR) is 53.6 cm³/mol. The molecule has 3 saturated carbocycles. The minimum Gasteiger partial charge on any atom is -0.387 e. The van der Waals surface area contributed by atoms with Crippen molar-refractivity contribution in [2.45, 2.75) is 44.6 Å². The average molecular weight is 178 g/mol. The molecule has 0 spiro atoms. The largest absolute Gasteiger partial charge is 0.387 e. The maximum Gasteiger partial charge on any atom is 0.0972 e. The van der Waals surface area contributed by atoms with E-state index < -0.39 is 0 Å². The Morgan fingerprint density at radius 3 is 1.92 bits per heavy atom. The van der Waals surface area contributed by atoms with E-state index in [0.717, 1.165) is 17.7 Å². The number of amidine groups is 1. The molecule has 3 aliphatic rings. The zero-order valence-corrected chi connectivity index (χ0v) is 8.08. The van der Waals surface area contributed by atoms with Crippen LogP contribution in [0.2, 0.25) is 0 Å². The fraction of sp³-hybridized carbons (Fsp3) is 0.909. The van der Waals surface area contributed by atoms with Crippen molar-refractivity contribution in [1.29, 1.82) is 0 Å². The average Bonchev–Trinajstić information content (AvgIpc) is 3.05. The summed E-state index contributed by atoms with van der Waals surface area (Å²) in [5.74, 6) is 3.46. The maximum atomic E-state index is 5.96. The Morgan fingerprint density at radius 2 is 1.54 bits per heavy atom. The van der Waals surface area contributed by atoms with Gasteiger partial charge in [0, 0.05) is 5.92 Å². The van der Waals surface area contributed by atoms with Gasteiger partial charge < -0.3 is 5.73 Å². The third-order valence-electron chi connectivity index (χ3n) is 3.50. The molecule has 0 unspecified atom stereocenters. The summed E-state index contributed by atoms with van der Waals surface area (Å²) >= 11 is 0. The van der Waals surface area contributed by atoms with Crippen molar-refractivity contribution in [2.24, 2.45) is 28.5 Å². The summed E-state index contributed by atoms with van der Waals surface area (Å²) in [6.45, 7) is 0. The van der Waals surface area contributed by atoms with E-state index in [0.29, 0.717) is 12.0 Å². The first-order valence-corrected chi connectivity index (χ1v) is 5.68. The minimum atomic E-state index is 0.626. The fourth-order valence-electron chi connectivity index (χ4n) is 2.13. The van der Waals surface area contributed by atoms with Gasteiger partial charge in [0.15, 0.2) is 0 Å². The molecule has 0 aromatic carbocycles. The first-order chi connectivity index (χ1) is 6.34. The lowest BCUT2D eigenvalue weighted by Gasteiger charge is -2.10. The predicted octanol–water partition coefficient (Wildman–Crippen LogP) is 1.94. The molecule has 2 N–H and O–H groups in total. The number of nitrogens with two attached hydrogens (primary N) is 1. The van der Waals surface area contributed by atoms with E-state index in [4.69, 9.17) is 10.7 Å². The molecule has 0 aromatic heterocycles. The second kappa shape index (κ2) is 2.73. The van der Waals surface area contributed by atoms with Crippen LogP contribution in [0.3, 0.4) is 0 Å². The van der Waals surface area contributed by atoms with Crippen LogP contribution in [0.1, 0.15) is 38.5 Å². The van der Waals surface area contributed by atoms with Gasteiger partial charge in [0.25, 0.3) is 0 Å². The van der Waals surface area contributed by atoms with Crippen molar-refractivity contribution in [2.75, 3.05) is 0 Å². The highest BCUT2D eigenvalue weighted by Crippen LogP contribution is 2.46. The Bertz CT molecular complexity index is 222. The van der Waals surface area contributed by atoms with Gasteiger partial charge in [0.1, 0.15) is 0 Å². The van der Waals surface area contributed by atoms with Gasteiger partial charge in [-0.15, -0.1) is 0 Å². The monoisotopic (exact) mass is 178 g/mol. The van der Waals surface area contributed by atoms with Gasteiger partial charge in [-0.2, -0.15) is 0 Å². The highest BCUT2D eigenvalue weighted by atomic mass is 14.9. The molecular weight excluding hydrogens is 160 g/mol. The van der Waals surface area contributed by atoms with Crippen molar-refractivity contribution in [1.82, 2.24) is 0 Å². The van der Waals surface area contributed by atoms with Crippen LogP contribution in [0.25, 0.3) is 0 Å². The summed E-state index contributed by atoms with van der Waals surface area (Å²) in [6.07, 6.45) is 8.20. The summed E-state index contributed by atoms with van der Waals surface area (Å²) in [6, 6.07) is 0.626. The molecule has 2 nitrogen and oxygen atoms in total. The van der Waals surface area contributed by atoms with Crippen molar-refractivity contribution >= 4 is 5.84 Å². The van der Waals surface area contributed by atoms with E-state index in [2.05, 4.69) is 0 Å². The number of hydrogen-bond acceptors (Lipinski definition) is 1. The van der Waals surface area contributed by atoms with Crippen molar-refractivity contribution in [3.8, 4) is 0 Å². The first kappa shape index (κ1) is 7.84. The zero-order valence-electron chi connectivity index (χ0n) is 8.08. The van der Waals surface area contributed by atoms with Crippen LogP contribution in [-0.2, 0) is 0 Å². The van der Waals surface area contributed by atoms with E-state index in [9.17, 15) is 0 Å². The third-order valence-corrected chi connectivity index (χ3v) is 3.50. The molecule has 0 aliphatic heterocycles. The molecule has 72 valence electrons. The fourth-order valence-corrected chi connectivity index (χ4v) is 2.13. The Labute approximate surface area is 79.6 Å². The van der Waals surface area contributed by atoms with E-state index in [1.807, 2.05) is 0 Å². The minimum absolute atomic E-state index is 0.626. The lowest BCUT2D eigenvalue weighted by molar-refractivity contribution is 0.531. The van der Waals surface area contributed by atoms with Crippen LogP contribution in [0.5, 0.6) is 0 Å². The van der Waals surface area contributed by atoms with Crippen LogP contribution in [0.15, 0.2) is 4.99 Å². The van der Waals surface area contributed by atoms with Gasteiger partial charge in [-0.1, -0.05) is 0 Å². The molecule has 3 aliphatic carbocycles. The molecule has 3 fully saturated rings. The van der Waals surface area contributed by atoms with Crippen LogP contribution in [0, 0.1) is 17.8 Å². The lowest BCUT2D eigenvalue weighted by atomic mass is 10.1. The second-order valence-corrected chi connectivity index (χ2v) is 4.99. The highest BCUT2D eigenvalue weighted by Gasteiger charge is 2.42. The van der Waals surface area contributed by atoms with Crippen molar-refractivity contribution in [3.05, 3.63) is 0 Å². The second-order valence-electron chi connectivity index (χ2n) is 4.99. The Kier molecular flexibility index (Phi) is 1.64. The van der Waals surface area contributed by atoms with Crippen molar-refractivity contribution < 1.29 is 0 Å². The van der Waals surface area contributed by atoms with E-state index in [-0.39, 0.29) is 0 Å². The van der Waals surface area contributed by atoms with Gasteiger partial charge in [0.05, 0.1) is 11.9 Å². The van der Waals surface area contributed by atoms with Crippen LogP contribution >= 0.6 is 0 Å². The van der Waals surface area contributed by atoms with Crippen LogP contribution in [-0.4, -0.2) is 11.9 Å². The smallest absolute Gasteiger partial charge is 0.0972 e. The van der Waals surface area contributed by atoms with E-state index >= 15 is 0 Å². The molecule has 13 heavy (non-hydrogen) atoms. The van der Waals surface area contributed by atoms with E-state index in [1.54, 1.807) is 0 Å². The van der Waals surface area contributed by atoms with Crippen LogP contribution in [0.4, 0.5) is 0 Å². The topological polar surface area (TPSA) is 38.4 Å². The summed E-state index contributed by atoms with van der Waals surface area (Å²) in [5.41, 5.74) is 5.96. The number of aliphatic imine (C=N–C) groups is 1. The van der Waals surface area contributed by atoms with E-state index in [1.165, 1.54) is 38.5 Å². The lowest BCUT2D eigenvalue weighted by Crippen LogP contribution is -2.21. The molecule has 0 bridgehead atoms. The number of hydrogen-bond donors (Lipinski definition) is 1. The standard InChI is InChI=1S/C11H18N2/c12-11(9-5-6-9)13-10(7-1-2-7)8-3-4-8/h7-10H,1-6H2,(H2,12,13). The van der Waals surface area contributed by atoms with Gasteiger partial charge in [-0.25, -0.2) is 0 Å². The highest BCUT2D eigenvalue weighted by molar-refractivity contribution is 5.85. The number of rotatable bonds is 4. The molecule has 0 aromatic rings. The number of nitrogens with zero attached hydrogens (tertiary/aromatic N) is 1. The SMILES string of the molecule is NC(=NC(C1CC1)C1CC1)C1CC1. The third kappa shape index (κ3) is 1.72.